The summed E-state index contributed by atoms with van der Waals surface area (Å²) in [6.07, 6.45) is 0. The van der Waals surface area contributed by atoms with Gasteiger partial charge in [0.05, 0.1) is 5.52 Å². The predicted octanol–water partition coefficient (Wildman–Crippen LogP) is 0.0245. The van der Waals surface area contributed by atoms with Crippen LogP contribution in [0.2, 0.25) is 0 Å². The van der Waals surface area contributed by atoms with Crippen LogP contribution in [0.25, 0.3) is 11.1 Å². The van der Waals surface area contributed by atoms with Crippen LogP contribution in [0.3, 0.4) is 0 Å². The fourth-order valence-electron chi connectivity index (χ4n) is 2.58. The van der Waals surface area contributed by atoms with Gasteiger partial charge >= 0.3 is 5.76 Å². The minimum atomic E-state index is -0.434. The molecular formula is C13H18N4O2. The van der Waals surface area contributed by atoms with Crippen LogP contribution in [-0.4, -0.2) is 42.6 Å². The Morgan fingerprint density at radius 3 is 3.16 bits per heavy atom. The van der Waals surface area contributed by atoms with E-state index in [1.54, 1.807) is 6.07 Å². The molecule has 1 fully saturated rings. The van der Waals surface area contributed by atoms with Crippen LogP contribution < -0.4 is 16.8 Å². The van der Waals surface area contributed by atoms with E-state index in [2.05, 4.69) is 22.2 Å². The van der Waals surface area contributed by atoms with Crippen molar-refractivity contribution in [2.45, 2.75) is 12.1 Å². The molecule has 3 rings (SSSR count). The maximum Gasteiger partial charge on any atom is 0.417 e. The maximum atomic E-state index is 11.1. The molecule has 1 aliphatic rings. The molecule has 6 heteroatoms. The second-order valence-electron chi connectivity index (χ2n) is 5.12. The highest BCUT2D eigenvalue weighted by molar-refractivity contribution is 5.73. The van der Waals surface area contributed by atoms with Gasteiger partial charge in [0, 0.05) is 31.7 Å². The number of hydrogen-bond acceptors (Lipinski definition) is 5. The molecule has 4 N–H and O–H groups in total. The van der Waals surface area contributed by atoms with Gasteiger partial charge in [-0.2, -0.15) is 0 Å². The minimum Gasteiger partial charge on any atom is -0.408 e. The zero-order chi connectivity index (χ0) is 13.4. The number of hydrogen-bond donors (Lipinski definition) is 3. The van der Waals surface area contributed by atoms with Crippen LogP contribution in [0.5, 0.6) is 0 Å². The molecule has 0 spiro atoms. The molecule has 6 nitrogen and oxygen atoms in total. The third-order valence-corrected chi connectivity index (χ3v) is 3.67. The highest BCUT2D eigenvalue weighted by Crippen LogP contribution is 2.20. The summed E-state index contributed by atoms with van der Waals surface area (Å²) in [5.74, 6) is -0.434. The second-order valence-corrected chi connectivity index (χ2v) is 5.12. The van der Waals surface area contributed by atoms with E-state index in [0.717, 1.165) is 25.2 Å². The zero-order valence-electron chi connectivity index (χ0n) is 10.8. The molecule has 102 valence electrons. The lowest BCUT2D eigenvalue weighted by Crippen LogP contribution is -2.53. The third-order valence-electron chi connectivity index (χ3n) is 3.67. The van der Waals surface area contributed by atoms with Gasteiger partial charge in [0.1, 0.15) is 0 Å². The lowest BCUT2D eigenvalue weighted by Gasteiger charge is -2.34. The van der Waals surface area contributed by atoms with Gasteiger partial charge in [-0.1, -0.05) is 6.07 Å². The first-order chi connectivity index (χ1) is 9.13. The van der Waals surface area contributed by atoms with E-state index in [1.165, 1.54) is 0 Å². The van der Waals surface area contributed by atoms with Crippen LogP contribution in [0.4, 0.5) is 0 Å². The molecule has 2 atom stereocenters. The predicted molar refractivity (Wildman–Crippen MR) is 73.1 cm³/mol. The van der Waals surface area contributed by atoms with Crippen LogP contribution in [-0.2, 0) is 0 Å². The highest BCUT2D eigenvalue weighted by Gasteiger charge is 2.24. The summed E-state index contributed by atoms with van der Waals surface area (Å²) in [6, 6.07) is 5.70. The SMILES string of the molecule is CN1CCNC(C(N)c2ccc3oc(=O)[nH]c3c2)C1. The van der Waals surface area contributed by atoms with Gasteiger partial charge in [0.25, 0.3) is 0 Å². The van der Waals surface area contributed by atoms with E-state index in [9.17, 15) is 4.79 Å². The van der Waals surface area contributed by atoms with E-state index in [0.29, 0.717) is 11.1 Å². The number of rotatable bonds is 2. The summed E-state index contributed by atoms with van der Waals surface area (Å²) in [5, 5.41) is 3.44. The lowest BCUT2D eigenvalue weighted by atomic mass is 9.98. The van der Waals surface area contributed by atoms with Gasteiger partial charge in [-0.3, -0.25) is 4.98 Å². The topological polar surface area (TPSA) is 87.3 Å². The second kappa shape index (κ2) is 4.80. The molecule has 19 heavy (non-hydrogen) atoms. The Labute approximate surface area is 110 Å². The van der Waals surface area contributed by atoms with Gasteiger partial charge in [-0.25, -0.2) is 4.79 Å². The molecular weight excluding hydrogens is 244 g/mol. The van der Waals surface area contributed by atoms with Gasteiger partial charge in [-0.15, -0.1) is 0 Å². The molecule has 1 aromatic carbocycles. The number of aromatic amines is 1. The van der Waals surface area contributed by atoms with Crippen LogP contribution >= 0.6 is 0 Å². The number of H-pyrrole nitrogens is 1. The van der Waals surface area contributed by atoms with E-state index in [-0.39, 0.29) is 12.1 Å². The van der Waals surface area contributed by atoms with Crippen molar-refractivity contribution in [2.24, 2.45) is 5.73 Å². The molecule has 1 aliphatic heterocycles. The van der Waals surface area contributed by atoms with Crippen molar-refractivity contribution >= 4 is 11.1 Å². The number of nitrogens with zero attached hydrogens (tertiary/aromatic N) is 1. The first kappa shape index (κ1) is 12.4. The summed E-state index contributed by atoms with van der Waals surface area (Å²) >= 11 is 0. The standard InChI is InChI=1S/C13H18N4O2/c1-17-5-4-15-10(7-17)12(14)8-2-3-11-9(6-8)16-13(18)19-11/h2-3,6,10,12,15H,4-5,7,14H2,1H3,(H,16,18). The molecule has 0 bridgehead atoms. The number of nitrogens with one attached hydrogen (secondary N) is 2. The number of likely N-dealkylation sites (N-methyl/N-ethyl adjacent to an activating group) is 1. The number of oxazole rings is 1. The van der Waals surface area contributed by atoms with Gasteiger partial charge in [-0.05, 0) is 24.7 Å². The van der Waals surface area contributed by atoms with Gasteiger partial charge in [0.2, 0.25) is 0 Å². The van der Waals surface area contributed by atoms with Crippen molar-refractivity contribution in [3.8, 4) is 0 Å². The first-order valence-electron chi connectivity index (χ1n) is 6.44. The maximum absolute atomic E-state index is 11.1. The summed E-state index contributed by atoms with van der Waals surface area (Å²) in [7, 11) is 2.09. The average Bonchev–Trinajstić information content (AvgIpc) is 2.76. The lowest BCUT2D eigenvalue weighted by molar-refractivity contribution is 0.220. The summed E-state index contributed by atoms with van der Waals surface area (Å²) in [6.45, 7) is 2.90. The van der Waals surface area contributed by atoms with Gasteiger partial charge in [0.15, 0.2) is 5.58 Å². The van der Waals surface area contributed by atoms with E-state index in [1.807, 2.05) is 12.1 Å². The molecule has 0 aliphatic carbocycles. The Morgan fingerprint density at radius 1 is 1.53 bits per heavy atom. The summed E-state index contributed by atoms with van der Waals surface area (Å²) < 4.78 is 4.99. The quantitative estimate of drug-likeness (QED) is 0.710. The molecule has 1 saturated heterocycles. The minimum absolute atomic E-state index is 0.106. The molecule has 0 saturated carbocycles. The number of fused-ring (bicyclic) bond motifs is 1. The Kier molecular flexibility index (Phi) is 3.14. The molecule has 0 radical (unpaired) electrons. The number of benzene rings is 1. The Morgan fingerprint density at radius 2 is 2.37 bits per heavy atom. The average molecular weight is 262 g/mol. The summed E-state index contributed by atoms with van der Waals surface area (Å²) in [5.41, 5.74) is 8.58. The largest absolute Gasteiger partial charge is 0.417 e. The fraction of sp³-hybridized carbons (Fsp3) is 0.462. The third kappa shape index (κ3) is 2.42. The van der Waals surface area contributed by atoms with E-state index < -0.39 is 5.76 Å². The number of piperazine rings is 1. The Bertz CT molecular complexity index is 633. The van der Waals surface area contributed by atoms with Gasteiger partial charge < -0.3 is 20.4 Å². The Balaban J connectivity index is 1.87. The molecule has 2 heterocycles. The van der Waals surface area contributed by atoms with Crippen molar-refractivity contribution in [3.05, 3.63) is 34.3 Å². The number of nitrogens with two attached hydrogens (primary N) is 1. The molecule has 0 amide bonds. The van der Waals surface area contributed by atoms with Crippen molar-refractivity contribution < 1.29 is 4.42 Å². The van der Waals surface area contributed by atoms with Crippen LogP contribution in [0.15, 0.2) is 27.4 Å². The van der Waals surface area contributed by atoms with Crippen molar-refractivity contribution in [1.29, 1.82) is 0 Å². The molecule has 2 unspecified atom stereocenters. The molecule has 1 aromatic heterocycles. The highest BCUT2D eigenvalue weighted by atomic mass is 16.4. The molecule has 2 aromatic rings. The van der Waals surface area contributed by atoms with Crippen molar-refractivity contribution in [3.63, 3.8) is 0 Å². The van der Waals surface area contributed by atoms with Crippen LogP contribution in [0.1, 0.15) is 11.6 Å². The Hall–Kier alpha value is -1.63. The monoisotopic (exact) mass is 262 g/mol. The van der Waals surface area contributed by atoms with E-state index in [4.69, 9.17) is 10.2 Å². The van der Waals surface area contributed by atoms with Crippen molar-refractivity contribution in [1.82, 2.24) is 15.2 Å². The van der Waals surface area contributed by atoms with Crippen LogP contribution in [0, 0.1) is 0 Å². The fourth-order valence-corrected chi connectivity index (χ4v) is 2.58. The number of aromatic nitrogens is 1. The smallest absolute Gasteiger partial charge is 0.408 e. The zero-order valence-corrected chi connectivity index (χ0v) is 10.8. The van der Waals surface area contributed by atoms with E-state index >= 15 is 0 Å². The normalized spacial score (nSPS) is 22.7. The first-order valence-corrected chi connectivity index (χ1v) is 6.44. The summed E-state index contributed by atoms with van der Waals surface area (Å²) in [4.78, 5) is 16.1. The van der Waals surface area contributed by atoms with Crippen molar-refractivity contribution in [2.75, 3.05) is 26.7 Å².